The van der Waals surface area contributed by atoms with Crippen molar-refractivity contribution in [1.29, 1.82) is 0 Å². The number of rotatable bonds is 12. The van der Waals surface area contributed by atoms with Gasteiger partial charge in [-0.2, -0.15) is 0 Å². The average molecular weight is 798 g/mol. The van der Waals surface area contributed by atoms with Crippen LogP contribution in [0.3, 0.4) is 0 Å². The van der Waals surface area contributed by atoms with Crippen LogP contribution in [0.4, 0.5) is 34.9 Å². The van der Waals surface area contributed by atoms with Crippen LogP contribution >= 0.6 is 0 Å². The Morgan fingerprint density at radius 2 is 0.585 bits per heavy atom. The van der Waals surface area contributed by atoms with Gasteiger partial charge >= 0.3 is 22.4 Å². The van der Waals surface area contributed by atoms with Gasteiger partial charge in [-0.1, -0.05) is 54.6 Å². The van der Waals surface area contributed by atoms with Crippen LogP contribution in [0.15, 0.2) is 165 Å². The van der Waals surface area contributed by atoms with E-state index in [2.05, 4.69) is 62.8 Å². The van der Waals surface area contributed by atoms with Crippen molar-refractivity contribution in [3.05, 3.63) is 197 Å². The molecule has 0 radical (unpaired) electrons. The van der Waals surface area contributed by atoms with Crippen molar-refractivity contribution >= 4 is 34.9 Å². The number of nitrogens with zero attached hydrogens (tertiary/aromatic N) is 10. The minimum absolute atomic E-state index is 0. The van der Waals surface area contributed by atoms with Gasteiger partial charge in [0, 0.05) is 37.2 Å². The molecule has 0 unspecified atom stereocenters. The third kappa shape index (κ3) is 10.7. The van der Waals surface area contributed by atoms with Crippen molar-refractivity contribution in [2.24, 2.45) is 0 Å². The molecule has 0 aliphatic heterocycles. The van der Waals surface area contributed by atoms with Gasteiger partial charge in [-0.3, -0.25) is 0 Å². The molecular weight excluding hydrogens is 764 g/mol. The van der Waals surface area contributed by atoms with Gasteiger partial charge in [-0.25, -0.2) is 29.9 Å². The fourth-order valence-electron chi connectivity index (χ4n) is 5.58. The second-order valence-corrected chi connectivity index (χ2v) is 11.3. The van der Waals surface area contributed by atoms with Gasteiger partial charge in [-0.05, 0) is 89.5 Å². The van der Waals surface area contributed by atoms with E-state index in [9.17, 15) is 0 Å². The summed E-state index contributed by atoms with van der Waals surface area (Å²) < 4.78 is 0. The van der Waals surface area contributed by atoms with Crippen LogP contribution in [0.25, 0.3) is 0 Å². The zero-order chi connectivity index (χ0) is 36.0. The molecule has 0 bridgehead atoms. The second kappa shape index (κ2) is 19.2. The summed E-state index contributed by atoms with van der Waals surface area (Å²) in [5.41, 5.74) is 3.30. The van der Waals surface area contributed by atoms with Gasteiger partial charge < -0.3 is 30.0 Å². The molecule has 0 N–H and O–H groups in total. The molecule has 14 heteroatoms. The second-order valence-electron chi connectivity index (χ2n) is 11.3. The van der Waals surface area contributed by atoms with Crippen LogP contribution in [0.2, 0.25) is 0 Å². The van der Waals surface area contributed by atoms with Crippen LogP contribution < -0.4 is 14.7 Å². The summed E-state index contributed by atoms with van der Waals surface area (Å²) >= 11 is 0. The number of benzene rings is 1. The van der Waals surface area contributed by atoms with Crippen LogP contribution in [0.1, 0.15) is 16.7 Å². The summed E-state index contributed by atoms with van der Waals surface area (Å²) in [4.78, 5) is 42.8. The van der Waals surface area contributed by atoms with E-state index in [1.807, 2.05) is 146 Å². The van der Waals surface area contributed by atoms with Crippen molar-refractivity contribution in [3.8, 4) is 0 Å². The summed E-state index contributed by atoms with van der Waals surface area (Å²) in [6, 6.07) is 42.3. The Balaban J connectivity index is 0.00000103. The van der Waals surface area contributed by atoms with Crippen molar-refractivity contribution in [3.63, 3.8) is 0 Å². The standard InChI is InChI=1S/C39H33N9.Ag.NO3/c1-7-19-40-34(13-1)46(35-14-2-8-20-41-35)28-31-25-32(29-47(36-15-3-9-21-42-36)37-16-4-10-22-43-37)27-33(26-31)30-48(38-17-5-11-23-44-38)39-18-6-12-24-45-39;;2-1(3)4/h1-27H,28-30H2;;/q;+1;-1. The molecule has 0 fully saturated rings. The molecule has 0 spiro atoms. The Morgan fingerprint density at radius 3 is 0.736 bits per heavy atom. The largest absolute Gasteiger partial charge is 1.00 e. The SMILES string of the molecule is O=[N+]([O-])[O-].[Ag+].c1ccc(N(Cc2cc(CN(c3ccccn3)c3ccccn3)cc(CN(c3ccccn3)c3ccccn3)c2)c2ccccn2)nc1. The Bertz CT molecular complexity index is 1760. The maximum absolute atomic E-state index is 8.25. The van der Waals surface area contributed by atoms with E-state index in [4.69, 9.17) is 15.3 Å². The first-order valence-corrected chi connectivity index (χ1v) is 16.3. The van der Waals surface area contributed by atoms with Gasteiger partial charge in [0.2, 0.25) is 0 Å². The third-order valence-corrected chi connectivity index (χ3v) is 7.69. The van der Waals surface area contributed by atoms with E-state index in [0.717, 1.165) is 51.6 Å². The molecule has 7 rings (SSSR count). The van der Waals surface area contributed by atoms with Gasteiger partial charge in [-0.15, -0.1) is 0 Å². The van der Waals surface area contributed by atoms with Gasteiger partial charge in [0.1, 0.15) is 34.9 Å². The molecule has 0 amide bonds. The zero-order valence-corrected chi connectivity index (χ0v) is 29.7. The maximum Gasteiger partial charge on any atom is 1.00 e. The maximum atomic E-state index is 8.25. The molecule has 0 saturated heterocycles. The van der Waals surface area contributed by atoms with Crippen molar-refractivity contribution in [2.75, 3.05) is 14.7 Å². The summed E-state index contributed by atoms with van der Waals surface area (Å²) in [6.45, 7) is 1.65. The van der Waals surface area contributed by atoms with Crippen LogP contribution in [-0.4, -0.2) is 35.0 Å². The fraction of sp³-hybridized carbons (Fsp3) is 0.0769. The van der Waals surface area contributed by atoms with Crippen molar-refractivity contribution < 1.29 is 27.5 Å². The third-order valence-electron chi connectivity index (χ3n) is 7.69. The predicted octanol–water partition coefficient (Wildman–Crippen LogP) is 7.83. The first kappa shape index (κ1) is 37.7. The fourth-order valence-corrected chi connectivity index (χ4v) is 5.58. The molecule has 7 aromatic rings. The molecule has 53 heavy (non-hydrogen) atoms. The first-order valence-electron chi connectivity index (χ1n) is 16.3. The number of anilines is 6. The molecular formula is C39H33AgN10O3. The molecule has 0 aliphatic carbocycles. The number of hydrogen-bond donors (Lipinski definition) is 0. The van der Waals surface area contributed by atoms with Crippen LogP contribution in [0.5, 0.6) is 0 Å². The van der Waals surface area contributed by atoms with E-state index in [1.165, 1.54) is 0 Å². The monoisotopic (exact) mass is 796 g/mol. The van der Waals surface area contributed by atoms with E-state index in [-0.39, 0.29) is 22.4 Å². The zero-order valence-electron chi connectivity index (χ0n) is 28.2. The van der Waals surface area contributed by atoms with E-state index < -0.39 is 5.09 Å². The molecule has 6 heterocycles. The number of hydrogen-bond acceptors (Lipinski definition) is 12. The number of pyridine rings is 6. The van der Waals surface area contributed by atoms with Gasteiger partial charge in [0.15, 0.2) is 0 Å². The molecule has 0 saturated carbocycles. The summed E-state index contributed by atoms with van der Waals surface area (Å²) in [6.07, 6.45) is 10.8. The minimum atomic E-state index is -1.75. The van der Waals surface area contributed by atoms with Crippen LogP contribution in [-0.2, 0) is 42.0 Å². The molecule has 1 aromatic carbocycles. The molecule has 0 atom stereocenters. The summed E-state index contributed by atoms with van der Waals surface area (Å²) in [7, 11) is 0. The predicted molar refractivity (Wildman–Crippen MR) is 200 cm³/mol. The first-order chi connectivity index (χ1) is 25.5. The van der Waals surface area contributed by atoms with Gasteiger partial charge in [0.25, 0.3) is 0 Å². The molecule has 13 nitrogen and oxygen atoms in total. The van der Waals surface area contributed by atoms with Gasteiger partial charge in [0.05, 0.1) is 24.7 Å². The quantitative estimate of drug-likeness (QED) is 0.0673. The Hall–Kier alpha value is -6.54. The van der Waals surface area contributed by atoms with Crippen molar-refractivity contribution in [2.45, 2.75) is 19.6 Å². The number of aromatic nitrogens is 6. The van der Waals surface area contributed by atoms with Crippen LogP contribution in [0, 0.1) is 15.3 Å². The molecule has 6 aromatic heterocycles. The minimum Gasteiger partial charge on any atom is -0.356 e. The summed E-state index contributed by atoms with van der Waals surface area (Å²) in [5.74, 6) is 4.89. The Labute approximate surface area is 322 Å². The smallest absolute Gasteiger partial charge is 0.356 e. The normalized spacial score (nSPS) is 10.2. The van der Waals surface area contributed by atoms with Crippen molar-refractivity contribution in [1.82, 2.24) is 29.9 Å². The van der Waals surface area contributed by atoms with E-state index in [0.29, 0.717) is 19.6 Å². The molecule has 0 aliphatic rings. The topological polar surface area (TPSA) is 153 Å². The Morgan fingerprint density at radius 1 is 0.396 bits per heavy atom. The Kier molecular flexibility index (Phi) is 13.6. The van der Waals surface area contributed by atoms with E-state index in [1.54, 1.807) is 0 Å². The van der Waals surface area contributed by atoms with E-state index >= 15 is 0 Å². The average Bonchev–Trinajstić information content (AvgIpc) is 3.20. The summed E-state index contributed by atoms with van der Waals surface area (Å²) in [5, 5.41) is 14.8. The molecule has 268 valence electrons.